The Bertz CT molecular complexity index is 2860. The molecule has 4 unspecified atom stereocenters. The molecule has 5 aliphatic rings. The highest BCUT2D eigenvalue weighted by Gasteiger charge is 2.60. The molecule has 0 bridgehead atoms. The van der Waals surface area contributed by atoms with Gasteiger partial charge in [-0.3, -0.25) is 0 Å². The number of fused-ring (bicyclic) bond motifs is 9. The Balaban J connectivity index is 1.06. The van der Waals surface area contributed by atoms with Crippen molar-refractivity contribution in [3.8, 4) is 15.5 Å². The maximum atomic E-state index is 15.1. The first kappa shape index (κ1) is 40.8. The molecule has 0 radical (unpaired) electrons. The SMILES string of the molecule is O=C(OCc1ccccc1)C1(C(=O)OCc2ccccc2)Oc2c(sc3nc(N=C4C(=S)C5CCCCC5C4=S)sc23)-c2sc3nc(N=C4C(=S)C5CCCCC5C4=S)sc3c21. The number of thiophene rings is 2. The Morgan fingerprint density at radius 1 is 0.613 bits per heavy atom. The Morgan fingerprint density at radius 3 is 1.50 bits per heavy atom. The van der Waals surface area contributed by atoms with Crippen molar-refractivity contribution in [2.45, 2.75) is 70.2 Å². The van der Waals surface area contributed by atoms with Gasteiger partial charge in [0.05, 0.1) is 31.4 Å². The molecule has 4 fully saturated rings. The highest BCUT2D eigenvalue weighted by atomic mass is 32.1. The van der Waals surface area contributed by atoms with Gasteiger partial charge in [-0.25, -0.2) is 29.5 Å². The third kappa shape index (κ3) is 6.72. The summed E-state index contributed by atoms with van der Waals surface area (Å²) >= 11 is 29.2. The zero-order valence-electron chi connectivity index (χ0n) is 32.8. The minimum atomic E-state index is -2.39. The molecule has 312 valence electrons. The maximum absolute atomic E-state index is 15.1. The van der Waals surface area contributed by atoms with Crippen LogP contribution in [0.1, 0.15) is 68.1 Å². The van der Waals surface area contributed by atoms with Crippen molar-refractivity contribution in [1.29, 1.82) is 0 Å². The second kappa shape index (κ2) is 16.2. The first-order chi connectivity index (χ1) is 30.2. The third-order valence-corrected chi connectivity index (χ3v) is 18.9. The number of aliphatic imine (C=N–C) groups is 2. The quantitative estimate of drug-likeness (QED) is 0.0825. The number of benzene rings is 2. The predicted octanol–water partition coefficient (Wildman–Crippen LogP) is 12.0. The van der Waals surface area contributed by atoms with E-state index in [1.165, 1.54) is 45.3 Å². The third-order valence-electron chi connectivity index (χ3n) is 12.5. The summed E-state index contributed by atoms with van der Waals surface area (Å²) in [5.74, 6) is -0.561. The fourth-order valence-electron chi connectivity index (χ4n) is 9.44. The molecular formula is C45H34N4O5S8. The highest BCUT2D eigenvalue weighted by Crippen LogP contribution is 2.61. The lowest BCUT2D eigenvalue weighted by atomic mass is 9.82. The van der Waals surface area contributed by atoms with Crippen molar-refractivity contribution in [2.75, 3.05) is 0 Å². The Kier molecular flexibility index (Phi) is 10.7. The van der Waals surface area contributed by atoms with Crippen LogP contribution in [0.15, 0.2) is 70.6 Å². The molecule has 0 N–H and O–H groups in total. The van der Waals surface area contributed by atoms with Gasteiger partial charge < -0.3 is 14.2 Å². The van der Waals surface area contributed by atoms with Crippen molar-refractivity contribution >= 4 is 166 Å². The fraction of sp³-hybridized carbons (Fsp3) is 0.333. The molecule has 62 heavy (non-hydrogen) atoms. The molecule has 4 aromatic heterocycles. The van der Waals surface area contributed by atoms with E-state index >= 15 is 9.59 Å². The molecule has 4 atom stereocenters. The van der Waals surface area contributed by atoms with E-state index < -0.39 is 17.5 Å². The largest absolute Gasteiger partial charge is 0.457 e. The molecule has 1 aliphatic heterocycles. The van der Waals surface area contributed by atoms with E-state index in [0.717, 1.165) is 86.8 Å². The van der Waals surface area contributed by atoms with Gasteiger partial charge in [-0.2, -0.15) is 0 Å². The van der Waals surface area contributed by atoms with Crippen molar-refractivity contribution in [3.63, 3.8) is 0 Å². The molecule has 0 saturated heterocycles. The van der Waals surface area contributed by atoms with Crippen molar-refractivity contribution in [3.05, 3.63) is 77.4 Å². The fourth-order valence-corrected chi connectivity index (χ4v) is 16.1. The molecular weight excluding hydrogens is 933 g/mol. The second-order valence-electron chi connectivity index (χ2n) is 16.1. The molecule has 0 amide bonds. The number of hydrogen-bond acceptors (Lipinski definition) is 17. The van der Waals surface area contributed by atoms with Crippen LogP contribution in [0.3, 0.4) is 0 Å². The Morgan fingerprint density at radius 2 is 1.03 bits per heavy atom. The number of carbonyl (C=O) groups excluding carboxylic acids is 2. The molecule has 0 spiro atoms. The average molecular weight is 967 g/mol. The van der Waals surface area contributed by atoms with Crippen LogP contribution in [-0.4, -0.2) is 52.8 Å². The lowest BCUT2D eigenvalue weighted by molar-refractivity contribution is -0.183. The van der Waals surface area contributed by atoms with Gasteiger partial charge in [-0.05, 0) is 36.8 Å². The van der Waals surface area contributed by atoms with Crippen LogP contribution in [0.4, 0.5) is 10.3 Å². The van der Waals surface area contributed by atoms with E-state index in [4.69, 9.17) is 83.0 Å². The van der Waals surface area contributed by atoms with Crippen LogP contribution >= 0.6 is 94.2 Å². The smallest absolute Gasteiger partial charge is 0.367 e. The van der Waals surface area contributed by atoms with Crippen LogP contribution in [0.2, 0.25) is 0 Å². The Labute approximate surface area is 393 Å². The van der Waals surface area contributed by atoms with Gasteiger partial charge in [0.1, 0.15) is 27.6 Å². The minimum Gasteiger partial charge on any atom is -0.457 e. The van der Waals surface area contributed by atoms with Crippen molar-refractivity contribution in [2.24, 2.45) is 33.7 Å². The number of ether oxygens (including phenoxy) is 3. The Hall–Kier alpha value is -3.94. The molecule has 2 aromatic carbocycles. The summed E-state index contributed by atoms with van der Waals surface area (Å²) in [5.41, 5.74) is 0.741. The minimum absolute atomic E-state index is 0.103. The molecule has 4 saturated carbocycles. The maximum Gasteiger partial charge on any atom is 0.367 e. The number of thiocarbonyl (C=S) groups is 4. The first-order valence-electron chi connectivity index (χ1n) is 20.5. The zero-order chi connectivity index (χ0) is 42.3. The van der Waals surface area contributed by atoms with E-state index in [-0.39, 0.29) is 36.9 Å². The number of carbonyl (C=O) groups is 2. The summed E-state index contributed by atoms with van der Waals surface area (Å²) < 4.78 is 20.3. The van der Waals surface area contributed by atoms with E-state index in [2.05, 4.69) is 0 Å². The number of aromatic nitrogens is 2. The summed E-state index contributed by atoms with van der Waals surface area (Å²) in [5, 5.41) is 0.911. The predicted molar refractivity (Wildman–Crippen MR) is 264 cm³/mol. The number of rotatable bonds is 8. The van der Waals surface area contributed by atoms with Crippen LogP contribution in [0, 0.1) is 23.7 Å². The molecule has 6 aromatic rings. The average Bonchev–Trinajstić information content (AvgIpc) is 4.13. The van der Waals surface area contributed by atoms with E-state index in [9.17, 15) is 0 Å². The monoisotopic (exact) mass is 966 g/mol. The van der Waals surface area contributed by atoms with E-state index in [1.54, 1.807) is 0 Å². The summed E-state index contributed by atoms with van der Waals surface area (Å²) in [6, 6.07) is 18.6. The van der Waals surface area contributed by atoms with Gasteiger partial charge in [0, 0.05) is 43.1 Å². The lowest BCUT2D eigenvalue weighted by Crippen LogP contribution is -2.52. The number of nitrogens with zero attached hydrogens (tertiary/aromatic N) is 4. The van der Waals surface area contributed by atoms with Crippen molar-refractivity contribution in [1.82, 2.24) is 9.97 Å². The topological polar surface area (TPSA) is 112 Å². The standard InChI is InChI=1S/C45H34N4O5S8/c50-41(52-19-21-11-3-1-4-12-21)45(42(51)53-20-22-13-5-2-6-14-22)27-35(59-39-36(27)61-43(48-39)46-28-31(55)23-15-7-8-16-24(23)32(28)56)37-30(54-45)38-40(60-37)49-44(62-38)47-29-33(57)25-17-9-10-18-26(25)34(29)58/h1-6,11-14,23-26H,7-10,15-20H2. The highest BCUT2D eigenvalue weighted by molar-refractivity contribution is 7.86. The van der Waals surface area contributed by atoms with Crippen molar-refractivity contribution < 1.29 is 23.8 Å². The summed E-state index contributed by atoms with van der Waals surface area (Å²) in [6.07, 6.45) is 8.56. The van der Waals surface area contributed by atoms with Gasteiger partial charge in [0.25, 0.3) is 0 Å². The zero-order valence-corrected chi connectivity index (χ0v) is 39.3. The number of esters is 2. The molecule has 5 heterocycles. The molecule has 11 rings (SSSR count). The summed E-state index contributed by atoms with van der Waals surface area (Å²) in [4.78, 5) is 55.9. The second-order valence-corrected chi connectivity index (χ2v) is 21.8. The number of thiazole rings is 2. The van der Waals surface area contributed by atoms with E-state index in [1.807, 2.05) is 60.7 Å². The molecule has 17 heteroatoms. The lowest BCUT2D eigenvalue weighted by Gasteiger charge is -2.33. The van der Waals surface area contributed by atoms with Gasteiger partial charge in [0.2, 0.25) is 10.3 Å². The van der Waals surface area contributed by atoms with Crippen LogP contribution in [0.25, 0.3) is 28.8 Å². The van der Waals surface area contributed by atoms with Crippen LogP contribution < -0.4 is 4.74 Å². The van der Waals surface area contributed by atoms with Crippen LogP contribution in [0.5, 0.6) is 5.75 Å². The van der Waals surface area contributed by atoms with Gasteiger partial charge in [-0.1, -0.05) is 158 Å². The van der Waals surface area contributed by atoms with Gasteiger partial charge in [-0.15, -0.1) is 22.7 Å². The van der Waals surface area contributed by atoms with E-state index in [0.29, 0.717) is 56.9 Å². The first-order valence-corrected chi connectivity index (χ1v) is 25.4. The molecule has 9 nitrogen and oxygen atoms in total. The number of hydrogen-bond donors (Lipinski definition) is 0. The molecule has 4 aliphatic carbocycles. The van der Waals surface area contributed by atoms with Crippen LogP contribution in [-0.2, 0) is 37.9 Å². The summed E-state index contributed by atoms with van der Waals surface area (Å²) in [6.45, 7) is -0.206. The summed E-state index contributed by atoms with van der Waals surface area (Å²) in [7, 11) is 0. The normalized spacial score (nSPS) is 22.6. The van der Waals surface area contributed by atoms with Gasteiger partial charge >= 0.3 is 17.5 Å². The van der Waals surface area contributed by atoms with Gasteiger partial charge in [0.15, 0.2) is 5.75 Å².